The van der Waals surface area contributed by atoms with E-state index in [-0.39, 0.29) is 5.82 Å². The molecule has 0 unspecified atom stereocenters. The molecule has 1 heterocycles. The first-order chi connectivity index (χ1) is 10.3. The number of rotatable bonds is 5. The normalized spacial score (nSPS) is 16.2. The third-order valence-corrected chi connectivity index (χ3v) is 4.37. The minimum Gasteiger partial charge on any atom is -0.346 e. The van der Waals surface area contributed by atoms with Gasteiger partial charge < -0.3 is 9.88 Å². The van der Waals surface area contributed by atoms with Crippen molar-refractivity contribution in [3.05, 3.63) is 59.7 Å². The van der Waals surface area contributed by atoms with Crippen LogP contribution in [0.2, 0.25) is 0 Å². The summed E-state index contributed by atoms with van der Waals surface area (Å²) in [6.45, 7) is 1.72. The summed E-state index contributed by atoms with van der Waals surface area (Å²) in [5.74, 6) is -0.176. The van der Waals surface area contributed by atoms with E-state index in [1.54, 1.807) is 0 Å². The second-order valence-electron chi connectivity index (χ2n) is 5.97. The Morgan fingerprint density at radius 1 is 1.05 bits per heavy atom. The maximum Gasteiger partial charge on any atom is 0.123 e. The highest BCUT2D eigenvalue weighted by Crippen LogP contribution is 2.18. The van der Waals surface area contributed by atoms with E-state index in [9.17, 15) is 4.39 Å². The molecule has 3 rings (SSSR count). The van der Waals surface area contributed by atoms with Crippen molar-refractivity contribution < 1.29 is 4.39 Å². The smallest absolute Gasteiger partial charge is 0.123 e. The van der Waals surface area contributed by atoms with Crippen LogP contribution in [0.1, 0.15) is 43.4 Å². The molecule has 1 aliphatic rings. The van der Waals surface area contributed by atoms with E-state index in [2.05, 4.69) is 28.2 Å². The van der Waals surface area contributed by atoms with Crippen molar-refractivity contribution in [3.8, 4) is 0 Å². The van der Waals surface area contributed by atoms with E-state index in [0.29, 0.717) is 6.04 Å². The maximum atomic E-state index is 13.0. The molecule has 1 fully saturated rings. The van der Waals surface area contributed by atoms with Gasteiger partial charge in [-0.25, -0.2) is 4.39 Å². The van der Waals surface area contributed by atoms with Crippen LogP contribution in [0.4, 0.5) is 4.39 Å². The van der Waals surface area contributed by atoms with Gasteiger partial charge in [-0.15, -0.1) is 0 Å². The van der Waals surface area contributed by atoms with Gasteiger partial charge in [0.05, 0.1) is 0 Å². The summed E-state index contributed by atoms with van der Waals surface area (Å²) >= 11 is 0. The van der Waals surface area contributed by atoms with Crippen LogP contribution in [0.15, 0.2) is 42.6 Å². The lowest BCUT2D eigenvalue weighted by molar-refractivity contribution is 0.369. The van der Waals surface area contributed by atoms with Gasteiger partial charge in [-0.3, -0.25) is 0 Å². The predicted molar refractivity (Wildman–Crippen MR) is 83.6 cm³/mol. The zero-order valence-electron chi connectivity index (χ0n) is 12.4. The number of nitrogens with one attached hydrogen (secondary N) is 1. The minimum atomic E-state index is -0.176. The standard InChI is InChI=1S/C18H23FN2/c19-16-10-8-15(9-11-16)14-21-12-4-7-18(21)13-20-17-5-2-1-3-6-17/h4,7-12,17,20H,1-3,5-6,13-14H2. The minimum absolute atomic E-state index is 0.176. The molecule has 1 aromatic carbocycles. The SMILES string of the molecule is Fc1ccc(Cn2cccc2CNC2CCCCC2)cc1. The average molecular weight is 286 g/mol. The molecule has 112 valence electrons. The zero-order chi connectivity index (χ0) is 14.5. The number of aromatic nitrogens is 1. The summed E-state index contributed by atoms with van der Waals surface area (Å²) in [7, 11) is 0. The van der Waals surface area contributed by atoms with Gasteiger partial charge in [0.2, 0.25) is 0 Å². The summed E-state index contributed by atoms with van der Waals surface area (Å²) < 4.78 is 15.2. The van der Waals surface area contributed by atoms with Crippen LogP contribution in [-0.2, 0) is 13.1 Å². The molecule has 3 heteroatoms. The molecule has 1 aromatic heterocycles. The van der Waals surface area contributed by atoms with Crippen molar-refractivity contribution in [2.24, 2.45) is 0 Å². The lowest BCUT2D eigenvalue weighted by Gasteiger charge is -2.23. The van der Waals surface area contributed by atoms with E-state index in [4.69, 9.17) is 0 Å². The van der Waals surface area contributed by atoms with Gasteiger partial charge in [0.1, 0.15) is 5.82 Å². The Balaban J connectivity index is 1.59. The first kappa shape index (κ1) is 14.3. The van der Waals surface area contributed by atoms with Crippen LogP contribution in [0.3, 0.4) is 0 Å². The van der Waals surface area contributed by atoms with Crippen molar-refractivity contribution in [2.45, 2.75) is 51.2 Å². The van der Waals surface area contributed by atoms with Crippen molar-refractivity contribution >= 4 is 0 Å². The molecular weight excluding hydrogens is 263 g/mol. The summed E-state index contributed by atoms with van der Waals surface area (Å²) in [5, 5.41) is 3.68. The number of nitrogens with zero attached hydrogens (tertiary/aromatic N) is 1. The van der Waals surface area contributed by atoms with Gasteiger partial charge in [-0.05, 0) is 42.7 Å². The summed E-state index contributed by atoms with van der Waals surface area (Å²) in [4.78, 5) is 0. The molecule has 0 bridgehead atoms. The molecule has 2 nitrogen and oxygen atoms in total. The highest BCUT2D eigenvalue weighted by atomic mass is 19.1. The Labute approximate surface area is 126 Å². The van der Waals surface area contributed by atoms with Crippen LogP contribution < -0.4 is 5.32 Å². The van der Waals surface area contributed by atoms with Gasteiger partial charge >= 0.3 is 0 Å². The number of halogens is 1. The summed E-state index contributed by atoms with van der Waals surface area (Å²) in [6, 6.07) is 11.7. The third-order valence-electron chi connectivity index (χ3n) is 4.37. The van der Waals surface area contributed by atoms with E-state index >= 15 is 0 Å². The van der Waals surface area contributed by atoms with E-state index in [1.165, 1.54) is 49.9 Å². The molecule has 1 N–H and O–H groups in total. The van der Waals surface area contributed by atoms with E-state index in [0.717, 1.165) is 18.7 Å². The van der Waals surface area contributed by atoms with Crippen molar-refractivity contribution in [3.63, 3.8) is 0 Å². The molecule has 0 atom stereocenters. The Bertz CT molecular complexity index is 553. The second kappa shape index (κ2) is 6.90. The maximum absolute atomic E-state index is 13.0. The van der Waals surface area contributed by atoms with Gasteiger partial charge in [-0.1, -0.05) is 31.4 Å². The molecule has 2 aromatic rings. The lowest BCUT2D eigenvalue weighted by atomic mass is 9.95. The molecule has 21 heavy (non-hydrogen) atoms. The average Bonchev–Trinajstić information content (AvgIpc) is 2.96. The quantitative estimate of drug-likeness (QED) is 0.875. The third kappa shape index (κ3) is 3.94. The van der Waals surface area contributed by atoms with Crippen molar-refractivity contribution in [2.75, 3.05) is 0 Å². The highest BCUT2D eigenvalue weighted by molar-refractivity contribution is 5.18. The molecule has 1 aliphatic carbocycles. The van der Waals surface area contributed by atoms with Gasteiger partial charge in [0.15, 0.2) is 0 Å². The highest BCUT2D eigenvalue weighted by Gasteiger charge is 2.13. The molecule has 0 spiro atoms. The lowest BCUT2D eigenvalue weighted by Crippen LogP contribution is -2.31. The number of benzene rings is 1. The molecule has 1 saturated carbocycles. The van der Waals surface area contributed by atoms with Gasteiger partial charge in [0, 0.05) is 31.0 Å². The fourth-order valence-corrected chi connectivity index (χ4v) is 3.11. The van der Waals surface area contributed by atoms with Crippen molar-refractivity contribution in [1.29, 1.82) is 0 Å². The van der Waals surface area contributed by atoms with Gasteiger partial charge in [0.25, 0.3) is 0 Å². The first-order valence-electron chi connectivity index (χ1n) is 7.93. The summed E-state index contributed by atoms with van der Waals surface area (Å²) in [5.41, 5.74) is 2.43. The van der Waals surface area contributed by atoms with Crippen LogP contribution in [-0.4, -0.2) is 10.6 Å². The Morgan fingerprint density at radius 2 is 1.81 bits per heavy atom. The Hall–Kier alpha value is -1.61. The van der Waals surface area contributed by atoms with E-state index in [1.807, 2.05) is 12.1 Å². The molecule has 0 saturated heterocycles. The van der Waals surface area contributed by atoms with Gasteiger partial charge in [-0.2, -0.15) is 0 Å². The molecular formula is C18H23FN2. The first-order valence-corrected chi connectivity index (χ1v) is 7.93. The molecule has 0 aliphatic heterocycles. The monoisotopic (exact) mass is 286 g/mol. The Morgan fingerprint density at radius 3 is 2.57 bits per heavy atom. The van der Waals surface area contributed by atoms with Crippen LogP contribution in [0, 0.1) is 5.82 Å². The Kier molecular flexibility index (Phi) is 4.71. The van der Waals surface area contributed by atoms with Crippen molar-refractivity contribution in [1.82, 2.24) is 9.88 Å². The summed E-state index contributed by atoms with van der Waals surface area (Å²) in [6.07, 6.45) is 8.81. The number of hydrogen-bond donors (Lipinski definition) is 1. The topological polar surface area (TPSA) is 17.0 Å². The van der Waals surface area contributed by atoms with E-state index < -0.39 is 0 Å². The largest absolute Gasteiger partial charge is 0.346 e. The van der Waals surface area contributed by atoms with Crippen LogP contribution >= 0.6 is 0 Å². The van der Waals surface area contributed by atoms with Crippen LogP contribution in [0.5, 0.6) is 0 Å². The zero-order valence-corrected chi connectivity index (χ0v) is 12.4. The fraction of sp³-hybridized carbons (Fsp3) is 0.444. The van der Waals surface area contributed by atoms with Crippen LogP contribution in [0.25, 0.3) is 0 Å². The predicted octanol–water partition coefficient (Wildman–Crippen LogP) is 4.10. The molecule has 0 amide bonds. The second-order valence-corrected chi connectivity index (χ2v) is 5.97. The number of hydrogen-bond acceptors (Lipinski definition) is 1. The molecule has 0 radical (unpaired) electrons. The fourth-order valence-electron chi connectivity index (χ4n) is 3.11.